The molecule has 1 fully saturated rings. The second-order valence-corrected chi connectivity index (χ2v) is 16.3. The van der Waals surface area contributed by atoms with E-state index in [2.05, 4.69) is 13.8 Å². The Balaban J connectivity index is 2.33. The highest BCUT2D eigenvalue weighted by molar-refractivity contribution is 5.73. The van der Waals surface area contributed by atoms with Gasteiger partial charge in [-0.2, -0.15) is 0 Å². The molecule has 330 valence electrons. The second-order valence-electron chi connectivity index (χ2n) is 16.3. The third-order valence-corrected chi connectivity index (χ3v) is 11.0. The Labute approximate surface area is 340 Å². The number of carbonyl (C=O) groups is 3. The van der Waals surface area contributed by atoms with E-state index in [1.54, 1.807) is 0 Å². The van der Waals surface area contributed by atoms with Crippen LogP contribution in [-0.4, -0.2) is 88.4 Å². The molecule has 0 radical (unpaired) electrons. The Morgan fingerprint density at radius 2 is 0.768 bits per heavy atom. The van der Waals surface area contributed by atoms with Gasteiger partial charge < -0.3 is 39.4 Å². The fraction of sp³-hybridized carbons (Fsp3) is 0.933. The van der Waals surface area contributed by atoms with Gasteiger partial charge in [0.05, 0.1) is 0 Å². The van der Waals surface area contributed by atoms with E-state index < -0.39 is 54.7 Å². The van der Waals surface area contributed by atoms with E-state index in [4.69, 9.17) is 18.9 Å². The molecule has 11 nitrogen and oxygen atoms in total. The maximum absolute atomic E-state index is 12.6. The molecular formula is C45H84O11. The summed E-state index contributed by atoms with van der Waals surface area (Å²) in [5.74, 6) is -2.43. The monoisotopic (exact) mass is 801 g/mol. The van der Waals surface area contributed by atoms with Crippen molar-refractivity contribution in [1.82, 2.24) is 0 Å². The van der Waals surface area contributed by atoms with Crippen LogP contribution in [0.5, 0.6) is 0 Å². The van der Waals surface area contributed by atoms with E-state index in [1.165, 1.54) is 141 Å². The van der Waals surface area contributed by atoms with Gasteiger partial charge in [0.2, 0.25) is 0 Å². The van der Waals surface area contributed by atoms with E-state index in [1.807, 2.05) is 0 Å². The third kappa shape index (κ3) is 27.8. The Hall–Kier alpha value is -1.79. The van der Waals surface area contributed by atoms with Crippen molar-refractivity contribution in [2.24, 2.45) is 0 Å². The zero-order valence-corrected chi connectivity index (χ0v) is 35.7. The standard InChI is InChI=1S/C45H84O11/c1-3-5-7-9-11-13-15-17-19-21-23-25-27-29-31-33-38(46)53-35-37(55-45-42(50)40(48)41(49)43(56-45)44(51)52)36-54-39(47)34-32-30-28-26-24-22-20-18-16-14-12-10-8-6-4-2/h37,40-43,45,48-50H,3-36H2,1-2H3,(H,51,52)/t40-,41-,42+,43-,45+/m0/s1. The Kier molecular flexibility index (Phi) is 33.9. The number of hydrogen-bond acceptors (Lipinski definition) is 10. The molecule has 11 heteroatoms. The summed E-state index contributed by atoms with van der Waals surface area (Å²) in [7, 11) is 0. The topological polar surface area (TPSA) is 169 Å². The summed E-state index contributed by atoms with van der Waals surface area (Å²) in [6.45, 7) is 3.84. The second kappa shape index (κ2) is 36.3. The first-order valence-electron chi connectivity index (χ1n) is 23.1. The lowest BCUT2D eigenvalue weighted by atomic mass is 9.99. The molecule has 0 aliphatic carbocycles. The summed E-state index contributed by atoms with van der Waals surface area (Å²) in [4.78, 5) is 36.7. The number of rotatable bonds is 39. The molecule has 0 aromatic heterocycles. The van der Waals surface area contributed by atoms with Crippen molar-refractivity contribution in [1.29, 1.82) is 0 Å². The van der Waals surface area contributed by atoms with Crippen molar-refractivity contribution in [3.63, 3.8) is 0 Å². The SMILES string of the molecule is CCCCCCCCCCCCCCCCCC(=O)OCC(COC(=O)CCCCCCCCCCCCCCCCC)O[C@@H]1O[C@H](C(=O)O)[C@@H](O)[C@H](O)[C@H]1O. The summed E-state index contributed by atoms with van der Waals surface area (Å²) in [6, 6.07) is 0. The van der Waals surface area contributed by atoms with Crippen LogP contribution in [0.4, 0.5) is 0 Å². The lowest BCUT2D eigenvalue weighted by Gasteiger charge is -2.39. The number of carboxylic acids is 1. The van der Waals surface area contributed by atoms with Gasteiger partial charge in [0, 0.05) is 12.8 Å². The van der Waals surface area contributed by atoms with Crippen LogP contribution in [0, 0.1) is 0 Å². The van der Waals surface area contributed by atoms with Gasteiger partial charge in [-0.1, -0.05) is 194 Å². The number of aliphatic hydroxyl groups is 3. The highest BCUT2D eigenvalue weighted by Crippen LogP contribution is 2.24. The molecule has 1 saturated heterocycles. The van der Waals surface area contributed by atoms with Crippen LogP contribution in [0.25, 0.3) is 0 Å². The van der Waals surface area contributed by atoms with Crippen molar-refractivity contribution < 1.29 is 53.8 Å². The molecule has 1 rings (SSSR count). The number of aliphatic carboxylic acids is 1. The highest BCUT2D eigenvalue weighted by atomic mass is 16.7. The number of ether oxygens (including phenoxy) is 4. The summed E-state index contributed by atoms with van der Waals surface area (Å²) in [5, 5.41) is 40.1. The summed E-state index contributed by atoms with van der Waals surface area (Å²) < 4.78 is 21.8. The van der Waals surface area contributed by atoms with E-state index in [-0.39, 0.29) is 26.1 Å². The fourth-order valence-electron chi connectivity index (χ4n) is 7.28. The average Bonchev–Trinajstić information content (AvgIpc) is 3.18. The quantitative estimate of drug-likeness (QED) is 0.0345. The molecule has 0 unspecified atom stereocenters. The van der Waals surface area contributed by atoms with Crippen LogP contribution in [0.3, 0.4) is 0 Å². The van der Waals surface area contributed by atoms with E-state index in [0.717, 1.165) is 38.5 Å². The molecule has 1 aliphatic heterocycles. The molecule has 1 aliphatic rings. The number of esters is 2. The molecule has 0 saturated carbocycles. The smallest absolute Gasteiger partial charge is 0.335 e. The molecule has 0 aromatic carbocycles. The Morgan fingerprint density at radius 1 is 0.464 bits per heavy atom. The molecule has 0 bridgehead atoms. The van der Waals surface area contributed by atoms with Crippen molar-refractivity contribution in [3.8, 4) is 0 Å². The van der Waals surface area contributed by atoms with E-state index in [9.17, 15) is 34.8 Å². The van der Waals surface area contributed by atoms with E-state index in [0.29, 0.717) is 12.8 Å². The van der Waals surface area contributed by atoms with Crippen LogP contribution in [0.1, 0.15) is 219 Å². The van der Waals surface area contributed by atoms with Gasteiger partial charge in [-0.3, -0.25) is 9.59 Å². The van der Waals surface area contributed by atoms with Gasteiger partial charge in [-0.05, 0) is 12.8 Å². The molecule has 1 heterocycles. The summed E-state index contributed by atoms with van der Waals surface area (Å²) >= 11 is 0. The lowest BCUT2D eigenvalue weighted by molar-refractivity contribution is -0.308. The zero-order valence-electron chi connectivity index (χ0n) is 35.7. The number of carboxylic acid groups (broad SMARTS) is 1. The molecule has 56 heavy (non-hydrogen) atoms. The molecule has 0 aromatic rings. The molecule has 0 amide bonds. The minimum Gasteiger partial charge on any atom is -0.479 e. The Bertz CT molecular complexity index is 897. The normalized spacial score (nSPS) is 19.7. The first-order valence-corrected chi connectivity index (χ1v) is 23.1. The maximum atomic E-state index is 12.6. The molecule has 4 N–H and O–H groups in total. The van der Waals surface area contributed by atoms with E-state index >= 15 is 0 Å². The first-order chi connectivity index (χ1) is 27.2. The summed E-state index contributed by atoms with van der Waals surface area (Å²) in [5.41, 5.74) is 0. The maximum Gasteiger partial charge on any atom is 0.335 e. The molecular weight excluding hydrogens is 716 g/mol. The van der Waals surface area contributed by atoms with Gasteiger partial charge >= 0.3 is 17.9 Å². The lowest BCUT2D eigenvalue weighted by Crippen LogP contribution is -2.61. The first kappa shape index (κ1) is 52.2. The predicted molar refractivity (Wildman–Crippen MR) is 220 cm³/mol. The zero-order chi connectivity index (χ0) is 41.1. The van der Waals surface area contributed by atoms with Gasteiger partial charge in [0.15, 0.2) is 12.4 Å². The fourth-order valence-corrected chi connectivity index (χ4v) is 7.28. The third-order valence-electron chi connectivity index (χ3n) is 11.0. The Morgan fingerprint density at radius 3 is 1.07 bits per heavy atom. The molecule has 5 atom stereocenters. The summed E-state index contributed by atoms with van der Waals surface area (Å²) in [6.07, 6.45) is 27.0. The number of unbranched alkanes of at least 4 members (excludes halogenated alkanes) is 28. The number of carbonyl (C=O) groups excluding carboxylic acids is 2. The van der Waals surface area contributed by atoms with Crippen LogP contribution < -0.4 is 0 Å². The number of hydrogen-bond donors (Lipinski definition) is 4. The average molecular weight is 801 g/mol. The number of aliphatic hydroxyl groups excluding tert-OH is 3. The predicted octanol–water partition coefficient (Wildman–Crippen LogP) is 9.87. The largest absolute Gasteiger partial charge is 0.479 e. The van der Waals surface area contributed by atoms with Crippen LogP contribution in [0.2, 0.25) is 0 Å². The van der Waals surface area contributed by atoms with Crippen molar-refractivity contribution >= 4 is 17.9 Å². The minimum absolute atomic E-state index is 0.221. The van der Waals surface area contributed by atoms with Gasteiger partial charge in [0.25, 0.3) is 0 Å². The van der Waals surface area contributed by atoms with Crippen LogP contribution >= 0.6 is 0 Å². The van der Waals surface area contributed by atoms with Gasteiger partial charge in [0.1, 0.15) is 37.6 Å². The van der Waals surface area contributed by atoms with Crippen molar-refractivity contribution in [2.75, 3.05) is 13.2 Å². The highest BCUT2D eigenvalue weighted by Gasteiger charge is 2.48. The van der Waals surface area contributed by atoms with Crippen molar-refractivity contribution in [2.45, 2.75) is 256 Å². The van der Waals surface area contributed by atoms with Crippen LogP contribution in [-0.2, 0) is 33.3 Å². The minimum atomic E-state index is -1.87. The molecule has 0 spiro atoms. The van der Waals surface area contributed by atoms with Gasteiger partial charge in [-0.15, -0.1) is 0 Å². The van der Waals surface area contributed by atoms with Crippen molar-refractivity contribution in [3.05, 3.63) is 0 Å². The van der Waals surface area contributed by atoms with Crippen LogP contribution in [0.15, 0.2) is 0 Å². The van der Waals surface area contributed by atoms with Gasteiger partial charge in [-0.25, -0.2) is 4.79 Å².